The molecule has 6 nitrogen and oxygen atoms in total. The number of amides is 1. The quantitative estimate of drug-likeness (QED) is 0.460. The van der Waals surface area contributed by atoms with E-state index in [1.807, 2.05) is 67.7 Å². The predicted octanol–water partition coefficient (Wildman–Crippen LogP) is 3.76. The first kappa shape index (κ1) is 19.6. The van der Waals surface area contributed by atoms with E-state index in [0.717, 1.165) is 22.0 Å². The summed E-state index contributed by atoms with van der Waals surface area (Å²) in [7, 11) is 0. The summed E-state index contributed by atoms with van der Waals surface area (Å²) in [4.78, 5) is 35.6. The Morgan fingerprint density at radius 3 is 2.60 bits per heavy atom. The monoisotopic (exact) mass is 400 g/mol. The third-order valence-corrected chi connectivity index (χ3v) is 5.35. The Kier molecular flexibility index (Phi) is 5.48. The molecule has 2 unspecified atom stereocenters. The number of carbonyl (C=O) groups excluding carboxylic acids is 1. The highest BCUT2D eigenvalue weighted by molar-refractivity contribution is 5.85. The van der Waals surface area contributed by atoms with E-state index in [2.05, 4.69) is 20.3 Å². The summed E-state index contributed by atoms with van der Waals surface area (Å²) in [5.41, 5.74) is 3.35. The maximum Gasteiger partial charge on any atom is 0.251 e. The van der Waals surface area contributed by atoms with Gasteiger partial charge in [0.1, 0.15) is 5.82 Å². The Hall–Kier alpha value is -3.67. The number of H-pyrrole nitrogens is 2. The van der Waals surface area contributed by atoms with E-state index >= 15 is 0 Å². The zero-order chi connectivity index (χ0) is 21.1. The van der Waals surface area contributed by atoms with Crippen LogP contribution in [0, 0.1) is 6.92 Å². The minimum Gasteiger partial charge on any atom is -0.361 e. The maximum absolute atomic E-state index is 13.1. The summed E-state index contributed by atoms with van der Waals surface area (Å²) in [6.45, 7) is 3.62. The maximum atomic E-state index is 13.1. The van der Waals surface area contributed by atoms with Crippen molar-refractivity contribution in [3.05, 3.63) is 99.9 Å². The molecular weight excluding hydrogens is 376 g/mol. The normalized spacial score (nSPS) is 13.1. The molecule has 0 aliphatic carbocycles. The molecule has 0 saturated heterocycles. The van der Waals surface area contributed by atoms with Crippen molar-refractivity contribution in [2.24, 2.45) is 0 Å². The van der Waals surface area contributed by atoms with Gasteiger partial charge >= 0.3 is 0 Å². The predicted molar refractivity (Wildman–Crippen MR) is 117 cm³/mol. The lowest BCUT2D eigenvalue weighted by Crippen LogP contribution is -2.34. The number of aromatic nitrogens is 3. The average molecular weight is 400 g/mol. The number of hydrogen-bond acceptors (Lipinski definition) is 3. The molecule has 0 aliphatic heterocycles. The third-order valence-electron chi connectivity index (χ3n) is 5.35. The highest BCUT2D eigenvalue weighted by Gasteiger charge is 2.23. The molecule has 3 N–H and O–H groups in total. The third kappa shape index (κ3) is 4.17. The lowest BCUT2D eigenvalue weighted by Gasteiger charge is -2.21. The molecular formula is C24H24N4O2. The number of nitrogens with one attached hydrogen (secondary N) is 3. The van der Waals surface area contributed by atoms with Gasteiger partial charge in [-0.2, -0.15) is 0 Å². The van der Waals surface area contributed by atoms with E-state index in [9.17, 15) is 9.59 Å². The SMILES string of the molecule is Cc1nc(C(Cc2c[nH]c3ccccc23)NC(=O)C(C)c2ccccc2)cc(=O)[nH]1. The zero-order valence-electron chi connectivity index (χ0n) is 17.0. The van der Waals surface area contributed by atoms with Crippen molar-refractivity contribution < 1.29 is 4.79 Å². The van der Waals surface area contributed by atoms with Crippen molar-refractivity contribution in [3.8, 4) is 0 Å². The van der Waals surface area contributed by atoms with E-state index in [-0.39, 0.29) is 17.4 Å². The molecule has 0 radical (unpaired) electrons. The summed E-state index contributed by atoms with van der Waals surface area (Å²) in [5.74, 6) is 0.0947. The fourth-order valence-electron chi connectivity index (χ4n) is 3.72. The van der Waals surface area contributed by atoms with Gasteiger partial charge in [-0.15, -0.1) is 0 Å². The van der Waals surface area contributed by atoms with Crippen LogP contribution in [0.4, 0.5) is 0 Å². The standard InChI is InChI=1S/C24H24N4O2/c1-15(17-8-4-3-5-9-17)24(30)28-21(22-13-23(29)27-16(2)26-22)12-18-14-25-20-11-7-6-10-19(18)20/h3-11,13-15,21,25H,12H2,1-2H3,(H,28,30)(H,26,27,29). The molecule has 0 spiro atoms. The number of aromatic amines is 2. The van der Waals surface area contributed by atoms with E-state index in [1.54, 1.807) is 6.92 Å². The Labute approximate surface area is 174 Å². The van der Waals surface area contributed by atoms with Crippen LogP contribution >= 0.6 is 0 Å². The molecule has 2 aromatic carbocycles. The van der Waals surface area contributed by atoms with Crippen LogP contribution in [0.2, 0.25) is 0 Å². The molecule has 2 atom stereocenters. The largest absolute Gasteiger partial charge is 0.361 e. The number of hydrogen-bond donors (Lipinski definition) is 3. The van der Waals surface area contributed by atoms with Gasteiger partial charge in [-0.3, -0.25) is 9.59 Å². The minimum absolute atomic E-state index is 0.106. The summed E-state index contributed by atoms with van der Waals surface area (Å²) in [5, 5.41) is 4.21. The van der Waals surface area contributed by atoms with Gasteiger partial charge in [-0.1, -0.05) is 48.5 Å². The minimum atomic E-state index is -0.427. The Bertz CT molecular complexity index is 1230. The second-order valence-electron chi connectivity index (χ2n) is 7.51. The van der Waals surface area contributed by atoms with Gasteiger partial charge in [0, 0.05) is 29.6 Å². The summed E-state index contributed by atoms with van der Waals surface area (Å²) in [6.07, 6.45) is 2.47. The van der Waals surface area contributed by atoms with Crippen molar-refractivity contribution in [1.82, 2.24) is 20.3 Å². The second-order valence-corrected chi connectivity index (χ2v) is 7.51. The molecule has 152 valence electrons. The second kappa shape index (κ2) is 8.37. The first-order valence-corrected chi connectivity index (χ1v) is 9.99. The molecule has 0 aliphatic rings. The number of rotatable bonds is 6. The molecule has 30 heavy (non-hydrogen) atoms. The number of carbonyl (C=O) groups is 1. The van der Waals surface area contributed by atoms with Gasteiger partial charge in [0.15, 0.2) is 0 Å². The Balaban J connectivity index is 1.66. The van der Waals surface area contributed by atoms with E-state index in [1.165, 1.54) is 6.07 Å². The van der Waals surface area contributed by atoms with Crippen LogP contribution in [-0.4, -0.2) is 20.9 Å². The van der Waals surface area contributed by atoms with Crippen LogP contribution in [0.1, 0.15) is 41.5 Å². The zero-order valence-corrected chi connectivity index (χ0v) is 17.0. The molecule has 6 heteroatoms. The topological polar surface area (TPSA) is 90.6 Å². The summed E-state index contributed by atoms with van der Waals surface area (Å²) >= 11 is 0. The lowest BCUT2D eigenvalue weighted by molar-refractivity contribution is -0.123. The van der Waals surface area contributed by atoms with E-state index < -0.39 is 6.04 Å². The van der Waals surface area contributed by atoms with Crippen LogP contribution < -0.4 is 10.9 Å². The highest BCUT2D eigenvalue weighted by atomic mass is 16.2. The molecule has 0 fully saturated rings. The van der Waals surface area contributed by atoms with Gasteiger partial charge in [-0.25, -0.2) is 4.98 Å². The number of fused-ring (bicyclic) bond motifs is 1. The van der Waals surface area contributed by atoms with E-state index in [4.69, 9.17) is 0 Å². The number of nitrogens with zero attached hydrogens (tertiary/aromatic N) is 1. The smallest absolute Gasteiger partial charge is 0.251 e. The van der Waals surface area contributed by atoms with Gasteiger partial charge < -0.3 is 15.3 Å². The van der Waals surface area contributed by atoms with Crippen molar-refractivity contribution in [3.63, 3.8) is 0 Å². The molecule has 4 aromatic rings. The van der Waals surface area contributed by atoms with E-state index in [0.29, 0.717) is 17.9 Å². The fourth-order valence-corrected chi connectivity index (χ4v) is 3.72. The first-order valence-electron chi connectivity index (χ1n) is 9.99. The van der Waals surface area contributed by atoms with Gasteiger partial charge in [-0.05, 0) is 31.0 Å². The van der Waals surface area contributed by atoms with Gasteiger partial charge in [0.2, 0.25) is 5.91 Å². The van der Waals surface area contributed by atoms with Crippen LogP contribution in [0.5, 0.6) is 0 Å². The molecule has 2 heterocycles. The van der Waals surface area contributed by atoms with Crippen LogP contribution in [-0.2, 0) is 11.2 Å². The van der Waals surface area contributed by atoms with Gasteiger partial charge in [0.25, 0.3) is 5.56 Å². The number of aryl methyl sites for hydroxylation is 1. The fraction of sp³-hybridized carbons (Fsp3) is 0.208. The molecule has 1 amide bonds. The van der Waals surface area contributed by atoms with Crippen molar-refractivity contribution in [2.75, 3.05) is 0 Å². The average Bonchev–Trinajstić information content (AvgIpc) is 3.15. The Morgan fingerprint density at radius 1 is 1.10 bits per heavy atom. The molecule has 4 rings (SSSR count). The van der Waals surface area contributed by atoms with Crippen LogP contribution in [0.3, 0.4) is 0 Å². The highest BCUT2D eigenvalue weighted by Crippen LogP contribution is 2.25. The molecule has 0 bridgehead atoms. The molecule has 2 aromatic heterocycles. The lowest BCUT2D eigenvalue weighted by atomic mass is 9.98. The van der Waals surface area contributed by atoms with Crippen LogP contribution in [0.15, 0.2) is 71.7 Å². The summed E-state index contributed by atoms with van der Waals surface area (Å²) < 4.78 is 0. The van der Waals surface area contributed by atoms with Crippen LogP contribution in [0.25, 0.3) is 10.9 Å². The van der Waals surface area contributed by atoms with Crippen molar-refractivity contribution in [2.45, 2.75) is 32.2 Å². The summed E-state index contributed by atoms with van der Waals surface area (Å²) in [6, 6.07) is 18.7. The number of para-hydroxylation sites is 1. The Morgan fingerprint density at radius 2 is 1.83 bits per heavy atom. The van der Waals surface area contributed by atoms with Gasteiger partial charge in [0.05, 0.1) is 17.7 Å². The first-order chi connectivity index (χ1) is 14.5. The molecule has 0 saturated carbocycles. The van der Waals surface area contributed by atoms with Crippen molar-refractivity contribution >= 4 is 16.8 Å². The number of benzene rings is 2. The van der Waals surface area contributed by atoms with Crippen molar-refractivity contribution in [1.29, 1.82) is 0 Å².